The molecule has 0 fully saturated rings. The number of carbonyl (C=O) groups is 1. The molecule has 106 valence electrons. The van der Waals surface area contributed by atoms with E-state index < -0.39 is 47.0 Å². The fraction of sp³-hybridized carbons (Fsp3) is 0.125. The van der Waals surface area contributed by atoms with E-state index in [-0.39, 0.29) is 0 Å². The molecule has 0 saturated heterocycles. The molecule has 11 heteroatoms. The van der Waals surface area contributed by atoms with Crippen molar-refractivity contribution in [3.8, 4) is 5.75 Å². The standard InChI is InChI=1S/C8F8O3/c9-1-2(10)4(12)6(5(13)3(1)11)18-19-7(17)8(14,15)16. The molecule has 0 spiro atoms. The molecule has 0 aliphatic carbocycles. The van der Waals surface area contributed by atoms with Crippen molar-refractivity contribution < 1.29 is 49.7 Å². The van der Waals surface area contributed by atoms with Crippen molar-refractivity contribution in [1.82, 2.24) is 0 Å². The molecule has 0 radical (unpaired) electrons. The molecule has 0 saturated carbocycles. The van der Waals surface area contributed by atoms with Gasteiger partial charge in [-0.05, 0) is 0 Å². The minimum absolute atomic E-state index is 2.17. The van der Waals surface area contributed by atoms with E-state index in [2.05, 4.69) is 9.78 Å². The lowest BCUT2D eigenvalue weighted by atomic mass is 10.3. The summed E-state index contributed by atoms with van der Waals surface area (Å²) in [6.07, 6.45) is -5.58. The maximum absolute atomic E-state index is 12.8. The summed E-state index contributed by atoms with van der Waals surface area (Å²) in [4.78, 5) is 16.2. The van der Waals surface area contributed by atoms with Crippen LogP contribution in [-0.4, -0.2) is 12.1 Å². The van der Waals surface area contributed by atoms with Crippen LogP contribution >= 0.6 is 0 Å². The second-order valence-corrected chi connectivity index (χ2v) is 2.85. The van der Waals surface area contributed by atoms with Gasteiger partial charge in [-0.3, -0.25) is 4.89 Å². The first-order valence-corrected chi connectivity index (χ1v) is 4.04. The van der Waals surface area contributed by atoms with Crippen LogP contribution in [0.25, 0.3) is 0 Å². The number of carbonyl (C=O) groups excluding carboxylic acids is 1. The Labute approximate surface area is 97.8 Å². The lowest BCUT2D eigenvalue weighted by Gasteiger charge is -2.09. The lowest BCUT2D eigenvalue weighted by Crippen LogP contribution is -2.27. The van der Waals surface area contributed by atoms with Gasteiger partial charge < -0.3 is 0 Å². The van der Waals surface area contributed by atoms with E-state index in [4.69, 9.17) is 0 Å². The summed E-state index contributed by atoms with van der Waals surface area (Å²) in [5.41, 5.74) is 0. The van der Waals surface area contributed by atoms with E-state index in [1.54, 1.807) is 0 Å². The van der Waals surface area contributed by atoms with Gasteiger partial charge >= 0.3 is 12.1 Å². The van der Waals surface area contributed by atoms with Gasteiger partial charge in [0.2, 0.25) is 29.1 Å². The molecule has 19 heavy (non-hydrogen) atoms. The van der Waals surface area contributed by atoms with Crippen molar-refractivity contribution in [2.75, 3.05) is 0 Å². The fourth-order valence-corrected chi connectivity index (χ4v) is 0.785. The minimum Gasteiger partial charge on any atom is -0.280 e. The molecule has 0 heterocycles. The van der Waals surface area contributed by atoms with Crippen LogP contribution < -0.4 is 4.89 Å². The van der Waals surface area contributed by atoms with Crippen molar-refractivity contribution in [1.29, 1.82) is 0 Å². The molecule has 0 bridgehead atoms. The summed E-state index contributed by atoms with van der Waals surface area (Å²) in [5.74, 6) is -17.9. The zero-order valence-electron chi connectivity index (χ0n) is 8.25. The molecule has 0 atom stereocenters. The summed E-state index contributed by atoms with van der Waals surface area (Å²) in [5, 5.41) is 0. The van der Waals surface area contributed by atoms with Crippen molar-refractivity contribution in [2.45, 2.75) is 6.18 Å². The highest BCUT2D eigenvalue weighted by atomic mass is 19.4. The van der Waals surface area contributed by atoms with E-state index >= 15 is 0 Å². The Kier molecular flexibility index (Phi) is 3.86. The fourth-order valence-electron chi connectivity index (χ4n) is 0.785. The summed E-state index contributed by atoms with van der Waals surface area (Å²) >= 11 is 0. The number of rotatable bonds is 2. The van der Waals surface area contributed by atoms with E-state index in [1.807, 2.05) is 0 Å². The summed E-state index contributed by atoms with van der Waals surface area (Å²) < 4.78 is 98.2. The molecule has 0 unspecified atom stereocenters. The number of alkyl halides is 3. The Bertz CT molecular complexity index is 495. The van der Waals surface area contributed by atoms with Crippen LogP contribution in [0.4, 0.5) is 35.1 Å². The molecule has 0 aromatic heterocycles. The van der Waals surface area contributed by atoms with Gasteiger partial charge in [0.15, 0.2) is 0 Å². The van der Waals surface area contributed by atoms with Crippen LogP contribution in [0.15, 0.2) is 0 Å². The smallest absolute Gasteiger partial charge is 0.280 e. The van der Waals surface area contributed by atoms with E-state index in [9.17, 15) is 39.9 Å². The zero-order chi connectivity index (χ0) is 15.0. The first-order valence-electron chi connectivity index (χ1n) is 4.04. The average Bonchev–Trinajstić information content (AvgIpc) is 2.32. The summed E-state index contributed by atoms with van der Waals surface area (Å²) in [6, 6.07) is 0. The Morgan fingerprint density at radius 3 is 1.53 bits per heavy atom. The van der Waals surface area contributed by atoms with Gasteiger partial charge in [-0.1, -0.05) is 0 Å². The SMILES string of the molecule is O=C(OOc1c(F)c(F)c(F)c(F)c1F)C(F)(F)F. The molecule has 1 aromatic rings. The Morgan fingerprint density at radius 2 is 1.16 bits per heavy atom. The average molecular weight is 296 g/mol. The van der Waals surface area contributed by atoms with Gasteiger partial charge in [0.05, 0.1) is 0 Å². The molecular weight excluding hydrogens is 296 g/mol. The van der Waals surface area contributed by atoms with Gasteiger partial charge in [0, 0.05) is 0 Å². The van der Waals surface area contributed by atoms with Crippen molar-refractivity contribution in [3.63, 3.8) is 0 Å². The topological polar surface area (TPSA) is 35.5 Å². The quantitative estimate of drug-likeness (QED) is 0.277. The van der Waals surface area contributed by atoms with Gasteiger partial charge in [-0.25, -0.2) is 22.9 Å². The van der Waals surface area contributed by atoms with E-state index in [0.29, 0.717) is 0 Å². The third-order valence-electron chi connectivity index (χ3n) is 1.60. The van der Waals surface area contributed by atoms with Crippen LogP contribution in [0, 0.1) is 29.1 Å². The molecule has 1 aromatic carbocycles. The Balaban J connectivity index is 3.07. The van der Waals surface area contributed by atoms with Crippen molar-refractivity contribution >= 4 is 5.97 Å². The van der Waals surface area contributed by atoms with Crippen molar-refractivity contribution in [2.24, 2.45) is 0 Å². The van der Waals surface area contributed by atoms with Gasteiger partial charge in [-0.2, -0.15) is 22.0 Å². The van der Waals surface area contributed by atoms with Crippen LogP contribution in [0.5, 0.6) is 5.75 Å². The Hall–Kier alpha value is -2.07. The molecule has 3 nitrogen and oxygen atoms in total. The lowest BCUT2D eigenvalue weighted by molar-refractivity contribution is -0.258. The second-order valence-electron chi connectivity index (χ2n) is 2.85. The highest BCUT2D eigenvalue weighted by Crippen LogP contribution is 2.29. The van der Waals surface area contributed by atoms with Crippen LogP contribution in [0.1, 0.15) is 0 Å². The van der Waals surface area contributed by atoms with Gasteiger partial charge in [0.1, 0.15) is 0 Å². The van der Waals surface area contributed by atoms with Gasteiger partial charge in [0.25, 0.3) is 5.75 Å². The predicted molar refractivity (Wildman–Crippen MR) is 39.0 cm³/mol. The predicted octanol–water partition coefficient (Wildman–Crippen LogP) is 2.78. The van der Waals surface area contributed by atoms with Crippen LogP contribution in [0.3, 0.4) is 0 Å². The second kappa shape index (κ2) is 4.90. The number of halogens is 8. The molecule has 0 amide bonds. The largest absolute Gasteiger partial charge is 0.495 e. The molecule has 1 rings (SSSR count). The molecule has 0 N–H and O–H groups in total. The maximum atomic E-state index is 12.8. The zero-order valence-corrected chi connectivity index (χ0v) is 8.25. The summed E-state index contributed by atoms with van der Waals surface area (Å²) in [6.45, 7) is 0. The van der Waals surface area contributed by atoms with Crippen LogP contribution in [-0.2, 0) is 9.68 Å². The normalized spacial score (nSPS) is 11.4. The first kappa shape index (κ1) is 15.0. The molecule has 0 aliphatic rings. The van der Waals surface area contributed by atoms with Crippen LogP contribution in [0.2, 0.25) is 0 Å². The van der Waals surface area contributed by atoms with Crippen molar-refractivity contribution in [3.05, 3.63) is 29.1 Å². The Morgan fingerprint density at radius 1 is 0.789 bits per heavy atom. The third-order valence-corrected chi connectivity index (χ3v) is 1.60. The monoisotopic (exact) mass is 296 g/mol. The number of benzene rings is 1. The van der Waals surface area contributed by atoms with E-state index in [0.717, 1.165) is 0 Å². The molecular formula is C8F8O3. The van der Waals surface area contributed by atoms with Gasteiger partial charge in [-0.15, -0.1) is 0 Å². The maximum Gasteiger partial charge on any atom is 0.495 e. The summed E-state index contributed by atoms with van der Waals surface area (Å²) in [7, 11) is 0. The first-order chi connectivity index (χ1) is 8.57. The van der Waals surface area contributed by atoms with E-state index in [1.165, 1.54) is 0 Å². The third kappa shape index (κ3) is 2.85. The number of hydrogen-bond acceptors (Lipinski definition) is 3. The highest BCUT2D eigenvalue weighted by molar-refractivity contribution is 5.75. The minimum atomic E-state index is -5.58. The molecule has 0 aliphatic heterocycles. The highest BCUT2D eigenvalue weighted by Gasteiger charge is 2.43. The number of hydrogen-bond donors (Lipinski definition) is 0.